The molecule has 0 spiro atoms. The maximum absolute atomic E-state index is 11.4. The average Bonchev–Trinajstić information content (AvgIpc) is 2.71. The number of carbonyl (C=O) groups excluding carboxylic acids is 1. The third-order valence-electron chi connectivity index (χ3n) is 2.96. The lowest BCUT2D eigenvalue weighted by molar-refractivity contribution is -0.145. The van der Waals surface area contributed by atoms with Crippen LogP contribution in [0.5, 0.6) is 0 Å². The van der Waals surface area contributed by atoms with Gasteiger partial charge in [-0.05, 0) is 13.0 Å². The molecule has 2 N–H and O–H groups in total. The van der Waals surface area contributed by atoms with Gasteiger partial charge in [0.05, 0.1) is 5.69 Å². The molecule has 0 saturated carbocycles. The lowest BCUT2D eigenvalue weighted by atomic mass is 9.92. The van der Waals surface area contributed by atoms with E-state index in [1.807, 2.05) is 13.0 Å². The highest BCUT2D eigenvalue weighted by Crippen LogP contribution is 2.28. The monoisotopic (exact) mass is 223 g/mol. The average molecular weight is 223 g/mol. The predicted octanol–water partition coefficient (Wildman–Crippen LogP) is -0.357. The molecule has 0 bridgehead atoms. The normalized spacial score (nSPS) is 24.5. The van der Waals surface area contributed by atoms with Crippen LogP contribution in [0.15, 0.2) is 6.07 Å². The van der Waals surface area contributed by atoms with Crippen molar-refractivity contribution in [3.8, 4) is 0 Å². The summed E-state index contributed by atoms with van der Waals surface area (Å²) in [6.07, 6.45) is 0. The highest BCUT2D eigenvalue weighted by atomic mass is 16.4. The molecule has 6 heteroatoms. The van der Waals surface area contributed by atoms with Gasteiger partial charge < -0.3 is 10.4 Å². The van der Waals surface area contributed by atoms with Crippen LogP contribution in [-0.2, 0) is 16.6 Å². The number of carboxylic acids is 1. The van der Waals surface area contributed by atoms with Gasteiger partial charge in [0.15, 0.2) is 0 Å². The highest BCUT2D eigenvalue weighted by molar-refractivity contribution is 5.99. The summed E-state index contributed by atoms with van der Waals surface area (Å²) in [7, 11) is 1.79. The van der Waals surface area contributed by atoms with Gasteiger partial charge in [-0.15, -0.1) is 0 Å². The maximum Gasteiger partial charge on any atom is 0.316 e. The van der Waals surface area contributed by atoms with E-state index >= 15 is 0 Å². The quantitative estimate of drug-likeness (QED) is 0.671. The number of aromatic nitrogens is 2. The van der Waals surface area contributed by atoms with E-state index in [4.69, 9.17) is 5.11 Å². The summed E-state index contributed by atoms with van der Waals surface area (Å²) in [6, 6.07) is 1.82. The fourth-order valence-electron chi connectivity index (χ4n) is 1.95. The summed E-state index contributed by atoms with van der Waals surface area (Å²) >= 11 is 0. The van der Waals surface area contributed by atoms with Crippen molar-refractivity contribution in [2.45, 2.75) is 12.8 Å². The highest BCUT2D eigenvalue weighted by Gasteiger charge is 2.42. The van der Waals surface area contributed by atoms with Gasteiger partial charge in [0.2, 0.25) is 5.91 Å². The first-order chi connectivity index (χ1) is 7.50. The molecule has 0 aromatic carbocycles. The third kappa shape index (κ3) is 1.56. The number of hydrogen-bond donors (Lipinski definition) is 2. The van der Waals surface area contributed by atoms with Gasteiger partial charge in [0.25, 0.3) is 0 Å². The molecule has 2 rings (SSSR count). The Labute approximate surface area is 92.3 Å². The molecule has 0 aliphatic carbocycles. The van der Waals surface area contributed by atoms with Crippen molar-refractivity contribution in [3.05, 3.63) is 17.5 Å². The summed E-state index contributed by atoms with van der Waals surface area (Å²) in [5.74, 6) is -2.91. The van der Waals surface area contributed by atoms with Crippen LogP contribution in [0.25, 0.3) is 0 Å². The molecule has 1 aromatic heterocycles. The first kappa shape index (κ1) is 10.7. The summed E-state index contributed by atoms with van der Waals surface area (Å²) in [6.45, 7) is 2.22. The summed E-state index contributed by atoms with van der Waals surface area (Å²) in [4.78, 5) is 22.4. The van der Waals surface area contributed by atoms with E-state index in [1.54, 1.807) is 11.7 Å². The zero-order valence-corrected chi connectivity index (χ0v) is 9.10. The molecular formula is C10H13N3O3. The molecule has 0 radical (unpaired) electrons. The first-order valence-electron chi connectivity index (χ1n) is 5.01. The predicted molar refractivity (Wildman–Crippen MR) is 54.8 cm³/mol. The van der Waals surface area contributed by atoms with Crippen molar-refractivity contribution in [3.63, 3.8) is 0 Å². The molecule has 1 aromatic rings. The van der Waals surface area contributed by atoms with Crippen LogP contribution < -0.4 is 5.32 Å². The number of hydrogen-bond acceptors (Lipinski definition) is 3. The Bertz CT molecular complexity index is 433. The number of carboxylic acid groups (broad SMARTS) is 1. The van der Waals surface area contributed by atoms with E-state index < -0.39 is 17.8 Å². The van der Waals surface area contributed by atoms with Crippen LogP contribution >= 0.6 is 0 Å². The minimum absolute atomic E-state index is 0.340. The molecule has 1 aliphatic heterocycles. The molecule has 2 heterocycles. The van der Waals surface area contributed by atoms with Crippen LogP contribution in [0.3, 0.4) is 0 Å². The Morgan fingerprint density at radius 2 is 2.38 bits per heavy atom. The number of amides is 1. The SMILES string of the molecule is Cc1cc([C@H]2CNC(=O)[C@@H]2C(=O)O)nn1C. The van der Waals surface area contributed by atoms with Gasteiger partial charge in [0, 0.05) is 25.2 Å². The van der Waals surface area contributed by atoms with Crippen molar-refractivity contribution in [1.82, 2.24) is 15.1 Å². The Kier molecular flexibility index (Phi) is 2.41. The van der Waals surface area contributed by atoms with E-state index in [-0.39, 0.29) is 5.92 Å². The van der Waals surface area contributed by atoms with Crippen LogP contribution in [0.2, 0.25) is 0 Å². The number of aliphatic carboxylic acids is 1. The van der Waals surface area contributed by atoms with Crippen LogP contribution in [-0.4, -0.2) is 33.3 Å². The minimum atomic E-state index is -1.09. The van der Waals surface area contributed by atoms with Crippen molar-refractivity contribution in [2.24, 2.45) is 13.0 Å². The second-order valence-corrected chi connectivity index (χ2v) is 4.00. The lowest BCUT2D eigenvalue weighted by Crippen LogP contribution is -2.26. The lowest BCUT2D eigenvalue weighted by Gasteiger charge is -2.09. The maximum atomic E-state index is 11.4. The fraction of sp³-hybridized carbons (Fsp3) is 0.500. The van der Waals surface area contributed by atoms with E-state index in [2.05, 4.69) is 10.4 Å². The number of aryl methyl sites for hydroxylation is 2. The summed E-state index contributed by atoms with van der Waals surface area (Å²) < 4.78 is 1.68. The van der Waals surface area contributed by atoms with Crippen LogP contribution in [0, 0.1) is 12.8 Å². The molecular weight excluding hydrogens is 210 g/mol. The molecule has 86 valence electrons. The number of carbonyl (C=O) groups is 2. The Hall–Kier alpha value is -1.85. The largest absolute Gasteiger partial charge is 0.481 e. The van der Waals surface area contributed by atoms with E-state index in [0.29, 0.717) is 12.2 Å². The van der Waals surface area contributed by atoms with Gasteiger partial charge in [-0.1, -0.05) is 0 Å². The molecule has 1 amide bonds. The van der Waals surface area contributed by atoms with E-state index in [9.17, 15) is 9.59 Å². The molecule has 6 nitrogen and oxygen atoms in total. The Morgan fingerprint density at radius 3 is 2.88 bits per heavy atom. The van der Waals surface area contributed by atoms with Crippen molar-refractivity contribution in [1.29, 1.82) is 0 Å². The second-order valence-electron chi connectivity index (χ2n) is 4.00. The van der Waals surface area contributed by atoms with Crippen molar-refractivity contribution >= 4 is 11.9 Å². The van der Waals surface area contributed by atoms with Crippen LogP contribution in [0.1, 0.15) is 17.3 Å². The van der Waals surface area contributed by atoms with E-state index in [1.165, 1.54) is 0 Å². The third-order valence-corrected chi connectivity index (χ3v) is 2.96. The van der Waals surface area contributed by atoms with Crippen molar-refractivity contribution in [2.75, 3.05) is 6.54 Å². The fourth-order valence-corrected chi connectivity index (χ4v) is 1.95. The van der Waals surface area contributed by atoms with Crippen LogP contribution in [0.4, 0.5) is 0 Å². The number of nitrogens with zero attached hydrogens (tertiary/aromatic N) is 2. The van der Waals surface area contributed by atoms with E-state index in [0.717, 1.165) is 5.69 Å². The smallest absolute Gasteiger partial charge is 0.316 e. The van der Waals surface area contributed by atoms with Gasteiger partial charge in [-0.2, -0.15) is 5.10 Å². The van der Waals surface area contributed by atoms with Gasteiger partial charge in [0.1, 0.15) is 5.92 Å². The molecule has 0 unspecified atom stereocenters. The molecule has 1 fully saturated rings. The zero-order valence-electron chi connectivity index (χ0n) is 9.10. The topological polar surface area (TPSA) is 84.2 Å². The molecule has 2 atom stereocenters. The van der Waals surface area contributed by atoms with Gasteiger partial charge in [-0.25, -0.2) is 0 Å². The van der Waals surface area contributed by atoms with Crippen molar-refractivity contribution < 1.29 is 14.7 Å². The minimum Gasteiger partial charge on any atom is -0.481 e. The Morgan fingerprint density at radius 1 is 1.69 bits per heavy atom. The summed E-state index contributed by atoms with van der Waals surface area (Å²) in [5.41, 5.74) is 1.60. The van der Waals surface area contributed by atoms with Gasteiger partial charge >= 0.3 is 5.97 Å². The summed E-state index contributed by atoms with van der Waals surface area (Å²) in [5, 5.41) is 15.8. The standard InChI is InChI=1S/C10H13N3O3/c1-5-3-7(12-13(5)2)6-4-11-9(14)8(6)10(15)16/h3,6,8H,4H2,1-2H3,(H,11,14)(H,15,16)/t6-,8-/m1/s1. The first-order valence-corrected chi connectivity index (χ1v) is 5.01. The number of nitrogens with one attached hydrogen (secondary N) is 1. The van der Waals surface area contributed by atoms with Gasteiger partial charge in [-0.3, -0.25) is 14.3 Å². The second kappa shape index (κ2) is 3.62. The zero-order chi connectivity index (χ0) is 11.9. The Balaban J connectivity index is 2.33. The molecule has 16 heavy (non-hydrogen) atoms. The molecule has 1 aliphatic rings. The number of rotatable bonds is 2. The molecule has 1 saturated heterocycles.